The molecule has 0 aromatic rings. The highest BCUT2D eigenvalue weighted by Gasteiger charge is 2.49. The van der Waals surface area contributed by atoms with E-state index in [9.17, 15) is 24.3 Å². The third-order valence-corrected chi connectivity index (χ3v) is 2.61. The predicted molar refractivity (Wildman–Crippen MR) is 86.0 cm³/mol. The summed E-state index contributed by atoms with van der Waals surface area (Å²) in [7, 11) is 0. The Labute approximate surface area is 153 Å². The monoisotopic (exact) mass is 386 g/mol. The molecule has 0 fully saturated rings. The molecule has 11 heteroatoms. The van der Waals surface area contributed by atoms with E-state index in [1.807, 2.05) is 0 Å². The summed E-state index contributed by atoms with van der Waals surface area (Å²) in [5.74, 6) is -5.57. The van der Waals surface area contributed by atoms with E-state index in [1.165, 1.54) is 0 Å². The molecule has 0 bridgehead atoms. The van der Waals surface area contributed by atoms with Crippen LogP contribution < -0.4 is 0 Å². The molecule has 0 spiro atoms. The summed E-state index contributed by atoms with van der Waals surface area (Å²) in [6, 6.07) is 0. The van der Waals surface area contributed by atoms with Crippen molar-refractivity contribution >= 4 is 23.9 Å². The molecule has 0 aromatic heterocycles. The first-order valence-electron chi connectivity index (χ1n) is 7.05. The van der Waals surface area contributed by atoms with E-state index in [1.54, 1.807) is 0 Å². The number of aliphatic hydroxyl groups excluding tert-OH is 3. The lowest BCUT2D eigenvalue weighted by Crippen LogP contribution is -2.48. The number of rotatable bonds is 11. The van der Waals surface area contributed by atoms with Crippen molar-refractivity contribution in [3.63, 3.8) is 0 Å². The molecule has 0 rings (SSSR count). The molecule has 11 nitrogen and oxygen atoms in total. The first-order chi connectivity index (χ1) is 12.7. The minimum atomic E-state index is -3.37. The molecular weight excluding hydrogens is 368 g/mol. The SMILES string of the molecule is C=CC(=O)OC(OC(=O)C=C)(OC(=O)C=C)OC(=O)C(CO)=C(CO)CO. The number of ether oxygens (including phenoxy) is 4. The molecule has 0 amide bonds. The van der Waals surface area contributed by atoms with Gasteiger partial charge >= 0.3 is 30.0 Å². The van der Waals surface area contributed by atoms with Crippen LogP contribution in [-0.4, -0.2) is 65.2 Å². The molecule has 0 aliphatic heterocycles. The maximum absolute atomic E-state index is 12.2. The van der Waals surface area contributed by atoms with Crippen molar-refractivity contribution in [1.29, 1.82) is 0 Å². The van der Waals surface area contributed by atoms with E-state index in [2.05, 4.69) is 38.7 Å². The van der Waals surface area contributed by atoms with Gasteiger partial charge in [-0.3, -0.25) is 0 Å². The molecule has 0 aliphatic rings. The Balaban J connectivity index is 6.16. The molecule has 0 saturated heterocycles. The summed E-state index contributed by atoms with van der Waals surface area (Å²) in [6.07, 6.45) is -1.65. The predicted octanol–water partition coefficient (Wildman–Crippen LogP) is -1.40. The fourth-order valence-electron chi connectivity index (χ4n) is 1.36. The average molecular weight is 386 g/mol. The molecule has 0 radical (unpaired) electrons. The Bertz CT molecular complexity index is 598. The van der Waals surface area contributed by atoms with Crippen molar-refractivity contribution in [3.05, 3.63) is 49.1 Å². The van der Waals surface area contributed by atoms with E-state index in [4.69, 9.17) is 10.2 Å². The van der Waals surface area contributed by atoms with Gasteiger partial charge in [0, 0.05) is 18.2 Å². The molecule has 3 N–H and O–H groups in total. The minimum Gasteiger partial charge on any atom is -0.392 e. The quantitative estimate of drug-likeness (QED) is 0.217. The Morgan fingerprint density at radius 3 is 1.33 bits per heavy atom. The van der Waals surface area contributed by atoms with Gasteiger partial charge in [0.25, 0.3) is 0 Å². The lowest BCUT2D eigenvalue weighted by atomic mass is 10.1. The number of carbonyl (C=O) groups is 4. The number of carbonyl (C=O) groups excluding carboxylic acids is 4. The van der Waals surface area contributed by atoms with E-state index < -0.39 is 55.4 Å². The zero-order valence-corrected chi connectivity index (χ0v) is 14.1. The van der Waals surface area contributed by atoms with Crippen LogP contribution in [0.2, 0.25) is 0 Å². The fraction of sp³-hybridized carbons (Fsp3) is 0.250. The van der Waals surface area contributed by atoms with Crippen LogP contribution >= 0.6 is 0 Å². The normalized spacial score (nSPS) is 10.0. The van der Waals surface area contributed by atoms with Crippen molar-refractivity contribution in [2.75, 3.05) is 19.8 Å². The second-order valence-corrected chi connectivity index (χ2v) is 4.32. The van der Waals surface area contributed by atoms with Crippen LogP contribution in [0.3, 0.4) is 0 Å². The summed E-state index contributed by atoms with van der Waals surface area (Å²) in [5.41, 5.74) is -1.04. The van der Waals surface area contributed by atoms with Crippen LogP contribution in [0.15, 0.2) is 49.1 Å². The van der Waals surface area contributed by atoms with E-state index in [-0.39, 0.29) is 5.57 Å². The van der Waals surface area contributed by atoms with Crippen molar-refractivity contribution < 1.29 is 53.4 Å². The molecule has 0 aromatic carbocycles. The zero-order valence-electron chi connectivity index (χ0n) is 14.1. The van der Waals surface area contributed by atoms with Gasteiger partial charge in [-0.15, -0.1) is 0 Å². The molecule has 27 heavy (non-hydrogen) atoms. The fourth-order valence-corrected chi connectivity index (χ4v) is 1.36. The van der Waals surface area contributed by atoms with Gasteiger partial charge in [0.2, 0.25) is 0 Å². The Hall–Kier alpha value is -3.28. The van der Waals surface area contributed by atoms with Crippen LogP contribution in [0.25, 0.3) is 0 Å². The lowest BCUT2D eigenvalue weighted by molar-refractivity contribution is -0.427. The van der Waals surface area contributed by atoms with Crippen molar-refractivity contribution in [2.24, 2.45) is 0 Å². The summed E-state index contributed by atoms with van der Waals surface area (Å²) in [5, 5.41) is 27.4. The van der Waals surface area contributed by atoms with Gasteiger partial charge in [-0.25, -0.2) is 19.2 Å². The molecule has 0 atom stereocenters. The number of esters is 4. The standard InChI is InChI=1S/C16H18O11/c1-4-12(20)24-16(25-13(21)5-2,26-14(22)6-3)27-15(23)11(9-19)10(7-17)8-18/h4-6,17-19H,1-3,7-9H2. The van der Waals surface area contributed by atoms with Gasteiger partial charge in [0.1, 0.15) is 0 Å². The van der Waals surface area contributed by atoms with Gasteiger partial charge in [-0.05, 0) is 5.57 Å². The third kappa shape index (κ3) is 7.23. The first kappa shape index (κ1) is 23.7. The van der Waals surface area contributed by atoms with Gasteiger partial charge in [-0.2, -0.15) is 0 Å². The maximum atomic E-state index is 12.2. The van der Waals surface area contributed by atoms with E-state index in [0.717, 1.165) is 0 Å². The average Bonchev–Trinajstić information content (AvgIpc) is 2.64. The van der Waals surface area contributed by atoms with Crippen LogP contribution in [0, 0.1) is 0 Å². The topological polar surface area (TPSA) is 166 Å². The summed E-state index contributed by atoms with van der Waals surface area (Å²) >= 11 is 0. The van der Waals surface area contributed by atoms with Crippen LogP contribution in [0.5, 0.6) is 0 Å². The largest absolute Gasteiger partial charge is 0.620 e. The van der Waals surface area contributed by atoms with E-state index >= 15 is 0 Å². The van der Waals surface area contributed by atoms with Gasteiger partial charge < -0.3 is 34.3 Å². The Morgan fingerprint density at radius 2 is 1.07 bits per heavy atom. The number of hydrogen-bond donors (Lipinski definition) is 3. The molecular formula is C16H18O11. The van der Waals surface area contributed by atoms with Crippen molar-refractivity contribution in [3.8, 4) is 0 Å². The highest BCUT2D eigenvalue weighted by atomic mass is 17.0. The van der Waals surface area contributed by atoms with Gasteiger partial charge in [0.15, 0.2) is 0 Å². The Kier molecular flexibility index (Phi) is 9.98. The van der Waals surface area contributed by atoms with Crippen LogP contribution in [-0.2, 0) is 38.1 Å². The first-order valence-corrected chi connectivity index (χ1v) is 7.05. The van der Waals surface area contributed by atoms with Crippen molar-refractivity contribution in [1.82, 2.24) is 0 Å². The highest BCUT2D eigenvalue weighted by Crippen LogP contribution is 2.22. The Morgan fingerprint density at radius 1 is 0.704 bits per heavy atom. The second-order valence-electron chi connectivity index (χ2n) is 4.32. The smallest absolute Gasteiger partial charge is 0.392 e. The number of hydrogen-bond acceptors (Lipinski definition) is 11. The molecule has 0 heterocycles. The van der Waals surface area contributed by atoms with Gasteiger partial charge in [-0.1, -0.05) is 19.7 Å². The third-order valence-electron chi connectivity index (χ3n) is 2.61. The molecule has 0 saturated carbocycles. The van der Waals surface area contributed by atoms with Crippen LogP contribution in [0.1, 0.15) is 0 Å². The second kappa shape index (κ2) is 11.4. The minimum absolute atomic E-state index is 0.364. The maximum Gasteiger partial charge on any atom is 0.620 e. The molecule has 148 valence electrons. The molecule has 0 aliphatic carbocycles. The highest BCUT2D eigenvalue weighted by molar-refractivity contribution is 5.91. The summed E-state index contributed by atoms with van der Waals surface area (Å²) < 4.78 is 18.2. The molecule has 0 unspecified atom stereocenters. The number of aliphatic hydroxyl groups is 3. The lowest BCUT2D eigenvalue weighted by Gasteiger charge is -2.28. The summed E-state index contributed by atoms with van der Waals surface area (Å²) in [4.78, 5) is 46.8. The van der Waals surface area contributed by atoms with Gasteiger partial charge in [0.05, 0.1) is 25.4 Å². The zero-order chi connectivity index (χ0) is 21.0. The van der Waals surface area contributed by atoms with E-state index in [0.29, 0.717) is 18.2 Å². The van der Waals surface area contributed by atoms with Crippen LogP contribution in [0.4, 0.5) is 0 Å². The summed E-state index contributed by atoms with van der Waals surface area (Å²) in [6.45, 7) is 6.50. The van der Waals surface area contributed by atoms with Crippen molar-refractivity contribution in [2.45, 2.75) is 6.16 Å².